The third-order valence-electron chi connectivity index (χ3n) is 1.18. The first-order valence-corrected chi connectivity index (χ1v) is 3.73. The smallest absolute Gasteiger partial charge is 0.339 e. The van der Waals surface area contributed by atoms with Crippen molar-refractivity contribution < 1.29 is 9.53 Å². The molecule has 0 atom stereocenters. The second kappa shape index (κ2) is 5.11. The number of methoxy groups -OCH3 is 1. The van der Waals surface area contributed by atoms with Gasteiger partial charge in [-0.25, -0.2) is 4.79 Å². The molecule has 0 aliphatic heterocycles. The molecule has 3 nitrogen and oxygen atoms in total. The summed E-state index contributed by atoms with van der Waals surface area (Å²) in [6, 6.07) is 1.59. The standard InChI is InChI=1S/C7H6BrNO2.ClH/c1-11-7(10)5-2-3-9-4-6(5)8;/h2-4H,1H3;1H. The van der Waals surface area contributed by atoms with Gasteiger partial charge in [0, 0.05) is 12.4 Å². The van der Waals surface area contributed by atoms with Crippen LogP contribution in [0.15, 0.2) is 22.9 Å². The van der Waals surface area contributed by atoms with Crippen LogP contribution in [0.5, 0.6) is 0 Å². The SMILES string of the molecule is COC(=O)c1ccncc1Br.Cl. The minimum atomic E-state index is -0.362. The third-order valence-corrected chi connectivity index (χ3v) is 1.81. The highest BCUT2D eigenvalue weighted by molar-refractivity contribution is 9.10. The van der Waals surface area contributed by atoms with E-state index in [1.165, 1.54) is 13.3 Å². The highest BCUT2D eigenvalue weighted by Gasteiger charge is 2.07. The zero-order chi connectivity index (χ0) is 8.27. The lowest BCUT2D eigenvalue weighted by molar-refractivity contribution is 0.0599. The molecule has 0 saturated carbocycles. The molecule has 66 valence electrons. The normalized spacial score (nSPS) is 8.50. The summed E-state index contributed by atoms with van der Waals surface area (Å²) in [7, 11) is 1.34. The van der Waals surface area contributed by atoms with Crippen LogP contribution in [0.3, 0.4) is 0 Å². The molecule has 0 saturated heterocycles. The molecule has 0 aromatic carbocycles. The van der Waals surface area contributed by atoms with Crippen molar-refractivity contribution in [3.8, 4) is 0 Å². The Hall–Kier alpha value is -0.610. The van der Waals surface area contributed by atoms with Gasteiger partial charge in [0.25, 0.3) is 0 Å². The third kappa shape index (κ3) is 2.46. The number of esters is 1. The molecule has 0 spiro atoms. The zero-order valence-electron chi connectivity index (χ0n) is 6.28. The van der Waals surface area contributed by atoms with Gasteiger partial charge in [0.2, 0.25) is 0 Å². The molecule has 0 N–H and O–H groups in total. The molecule has 1 aromatic rings. The average molecular weight is 252 g/mol. The fourth-order valence-corrected chi connectivity index (χ4v) is 1.06. The molecule has 0 radical (unpaired) electrons. The minimum Gasteiger partial charge on any atom is -0.465 e. The van der Waals surface area contributed by atoms with E-state index in [-0.39, 0.29) is 18.4 Å². The number of aromatic nitrogens is 1. The Morgan fingerprint density at radius 1 is 1.67 bits per heavy atom. The average Bonchev–Trinajstić information content (AvgIpc) is 2.04. The van der Waals surface area contributed by atoms with Crippen molar-refractivity contribution in [3.63, 3.8) is 0 Å². The Kier molecular flexibility index (Phi) is 4.85. The molecule has 0 aliphatic carbocycles. The molecule has 5 heteroatoms. The van der Waals surface area contributed by atoms with Crippen LogP contribution < -0.4 is 0 Å². The van der Waals surface area contributed by atoms with E-state index < -0.39 is 0 Å². The molecule has 1 heterocycles. The van der Waals surface area contributed by atoms with Crippen molar-refractivity contribution in [2.75, 3.05) is 7.11 Å². The first kappa shape index (κ1) is 11.4. The Morgan fingerprint density at radius 3 is 2.83 bits per heavy atom. The largest absolute Gasteiger partial charge is 0.465 e. The Bertz CT molecular complexity index is 280. The number of carbonyl (C=O) groups is 1. The second-order valence-electron chi connectivity index (χ2n) is 1.85. The highest BCUT2D eigenvalue weighted by Crippen LogP contribution is 2.14. The number of hydrogen-bond acceptors (Lipinski definition) is 3. The second-order valence-corrected chi connectivity index (χ2v) is 2.70. The number of hydrogen-bond donors (Lipinski definition) is 0. The van der Waals surface area contributed by atoms with Gasteiger partial charge in [0.1, 0.15) is 0 Å². The summed E-state index contributed by atoms with van der Waals surface area (Å²) in [6.45, 7) is 0. The fourth-order valence-electron chi connectivity index (χ4n) is 0.651. The van der Waals surface area contributed by atoms with Crippen LogP contribution in [-0.4, -0.2) is 18.1 Å². The molecule has 1 rings (SSSR count). The van der Waals surface area contributed by atoms with Gasteiger partial charge in [-0.15, -0.1) is 12.4 Å². The van der Waals surface area contributed by atoms with E-state index in [1.807, 2.05) is 0 Å². The van der Waals surface area contributed by atoms with Crippen LogP contribution in [0.2, 0.25) is 0 Å². The Morgan fingerprint density at radius 2 is 2.33 bits per heavy atom. The van der Waals surface area contributed by atoms with Crippen molar-refractivity contribution in [2.45, 2.75) is 0 Å². The van der Waals surface area contributed by atoms with E-state index in [2.05, 4.69) is 25.7 Å². The van der Waals surface area contributed by atoms with Crippen molar-refractivity contribution in [1.29, 1.82) is 0 Å². The number of rotatable bonds is 1. The van der Waals surface area contributed by atoms with Gasteiger partial charge in [-0.05, 0) is 22.0 Å². The molecule has 0 aliphatic rings. The highest BCUT2D eigenvalue weighted by atomic mass is 79.9. The number of nitrogens with zero attached hydrogens (tertiary/aromatic N) is 1. The van der Waals surface area contributed by atoms with E-state index >= 15 is 0 Å². The summed E-state index contributed by atoms with van der Waals surface area (Å²) in [5.41, 5.74) is 0.488. The predicted octanol–water partition coefficient (Wildman–Crippen LogP) is 2.05. The summed E-state index contributed by atoms with van der Waals surface area (Å²) in [4.78, 5) is 14.8. The van der Waals surface area contributed by atoms with Gasteiger partial charge in [-0.2, -0.15) is 0 Å². The van der Waals surface area contributed by atoms with Crippen molar-refractivity contribution in [2.24, 2.45) is 0 Å². The van der Waals surface area contributed by atoms with E-state index in [9.17, 15) is 4.79 Å². The van der Waals surface area contributed by atoms with E-state index in [0.29, 0.717) is 10.0 Å². The van der Waals surface area contributed by atoms with E-state index in [0.717, 1.165) is 0 Å². The summed E-state index contributed by atoms with van der Waals surface area (Å²) < 4.78 is 5.17. The molecule has 0 amide bonds. The van der Waals surface area contributed by atoms with Gasteiger partial charge in [0.05, 0.1) is 17.1 Å². The summed E-state index contributed by atoms with van der Waals surface area (Å²) >= 11 is 3.17. The lowest BCUT2D eigenvalue weighted by atomic mass is 10.3. The number of carbonyl (C=O) groups excluding carboxylic acids is 1. The van der Waals surface area contributed by atoms with Crippen LogP contribution in [0.25, 0.3) is 0 Å². The van der Waals surface area contributed by atoms with Crippen LogP contribution in [0, 0.1) is 0 Å². The van der Waals surface area contributed by atoms with Crippen molar-refractivity contribution >= 4 is 34.3 Å². The predicted molar refractivity (Wildman–Crippen MR) is 50.5 cm³/mol. The van der Waals surface area contributed by atoms with Gasteiger partial charge in [-0.1, -0.05) is 0 Å². The molecule has 0 fully saturated rings. The van der Waals surface area contributed by atoms with Gasteiger partial charge < -0.3 is 4.74 Å². The van der Waals surface area contributed by atoms with Crippen molar-refractivity contribution in [1.82, 2.24) is 4.98 Å². The molecule has 1 aromatic heterocycles. The molecule has 0 unspecified atom stereocenters. The molecule has 12 heavy (non-hydrogen) atoms. The molecular formula is C7H7BrClNO2. The monoisotopic (exact) mass is 251 g/mol. The van der Waals surface area contributed by atoms with E-state index in [1.54, 1.807) is 12.3 Å². The Balaban J connectivity index is 0.00000121. The Labute approximate surface area is 84.7 Å². The first-order chi connectivity index (χ1) is 5.25. The molecule has 0 bridgehead atoms. The maximum absolute atomic E-state index is 11.0. The van der Waals surface area contributed by atoms with Crippen LogP contribution in [0.4, 0.5) is 0 Å². The lowest BCUT2D eigenvalue weighted by Gasteiger charge is -1.99. The van der Waals surface area contributed by atoms with Crippen molar-refractivity contribution in [3.05, 3.63) is 28.5 Å². The van der Waals surface area contributed by atoms with Crippen LogP contribution in [-0.2, 0) is 4.74 Å². The maximum atomic E-state index is 11.0. The quantitative estimate of drug-likeness (QED) is 0.718. The minimum absolute atomic E-state index is 0. The number of halogens is 2. The fraction of sp³-hybridized carbons (Fsp3) is 0.143. The lowest BCUT2D eigenvalue weighted by Crippen LogP contribution is -2.01. The topological polar surface area (TPSA) is 39.2 Å². The number of pyridine rings is 1. The van der Waals surface area contributed by atoms with E-state index in [4.69, 9.17) is 0 Å². The van der Waals surface area contributed by atoms with Crippen LogP contribution >= 0.6 is 28.3 Å². The zero-order valence-corrected chi connectivity index (χ0v) is 8.68. The maximum Gasteiger partial charge on any atom is 0.339 e. The summed E-state index contributed by atoms with van der Waals surface area (Å²) in [6.07, 6.45) is 3.09. The number of ether oxygens (including phenoxy) is 1. The van der Waals surface area contributed by atoms with Gasteiger partial charge in [0.15, 0.2) is 0 Å². The van der Waals surface area contributed by atoms with Crippen LogP contribution in [0.1, 0.15) is 10.4 Å². The molecular weight excluding hydrogens is 245 g/mol. The van der Waals surface area contributed by atoms with Gasteiger partial charge in [-0.3, -0.25) is 4.98 Å². The van der Waals surface area contributed by atoms with Gasteiger partial charge >= 0.3 is 5.97 Å². The first-order valence-electron chi connectivity index (χ1n) is 2.93. The summed E-state index contributed by atoms with van der Waals surface area (Å²) in [5, 5.41) is 0. The summed E-state index contributed by atoms with van der Waals surface area (Å²) in [5.74, 6) is -0.362.